The van der Waals surface area contributed by atoms with Gasteiger partial charge in [-0.2, -0.15) is 5.10 Å². The standard InChI is InChI=1S/C14H12ClN3O2/c1-20-13-6-5-10(8-11(13)15)9-17-18-14(19)12-4-2-3-7-16-12/h2-9H,1H3,(H,18,19)/b17-9+. The minimum atomic E-state index is -0.374. The van der Waals surface area contributed by atoms with E-state index in [0.29, 0.717) is 16.5 Å². The highest BCUT2D eigenvalue weighted by molar-refractivity contribution is 6.32. The van der Waals surface area contributed by atoms with E-state index in [0.717, 1.165) is 5.56 Å². The Morgan fingerprint density at radius 2 is 2.25 bits per heavy atom. The van der Waals surface area contributed by atoms with Crippen molar-refractivity contribution in [2.24, 2.45) is 5.10 Å². The molecule has 0 bridgehead atoms. The summed E-state index contributed by atoms with van der Waals surface area (Å²) < 4.78 is 5.05. The van der Waals surface area contributed by atoms with E-state index in [1.807, 2.05) is 0 Å². The van der Waals surface area contributed by atoms with Gasteiger partial charge in [0.05, 0.1) is 18.3 Å². The van der Waals surface area contributed by atoms with Crippen molar-refractivity contribution < 1.29 is 9.53 Å². The maximum absolute atomic E-state index is 11.7. The van der Waals surface area contributed by atoms with Crippen LogP contribution in [0.15, 0.2) is 47.7 Å². The number of rotatable bonds is 4. The van der Waals surface area contributed by atoms with Gasteiger partial charge in [0.25, 0.3) is 5.91 Å². The number of hydrogen-bond donors (Lipinski definition) is 1. The Morgan fingerprint density at radius 3 is 2.90 bits per heavy atom. The predicted octanol–water partition coefficient (Wildman–Crippen LogP) is 2.51. The van der Waals surface area contributed by atoms with Gasteiger partial charge in [0.15, 0.2) is 0 Å². The van der Waals surface area contributed by atoms with Crippen LogP contribution in [0.3, 0.4) is 0 Å². The number of ether oxygens (including phenoxy) is 1. The number of aromatic nitrogens is 1. The summed E-state index contributed by atoms with van der Waals surface area (Å²) in [4.78, 5) is 15.6. The molecule has 1 N–H and O–H groups in total. The Morgan fingerprint density at radius 1 is 1.40 bits per heavy atom. The normalized spacial score (nSPS) is 10.5. The van der Waals surface area contributed by atoms with Crippen LogP contribution in [0, 0.1) is 0 Å². The second kappa shape index (κ2) is 6.68. The Balaban J connectivity index is 2.00. The van der Waals surface area contributed by atoms with Crippen LogP contribution >= 0.6 is 11.6 Å². The molecule has 5 nitrogen and oxygen atoms in total. The molecule has 0 radical (unpaired) electrons. The molecule has 2 rings (SSSR count). The van der Waals surface area contributed by atoms with Crippen molar-refractivity contribution in [3.05, 3.63) is 58.9 Å². The highest BCUT2D eigenvalue weighted by Gasteiger charge is 2.04. The fourth-order valence-corrected chi connectivity index (χ4v) is 1.75. The van der Waals surface area contributed by atoms with Crippen molar-refractivity contribution in [1.29, 1.82) is 0 Å². The van der Waals surface area contributed by atoms with Gasteiger partial charge in [0, 0.05) is 6.20 Å². The second-order valence-electron chi connectivity index (χ2n) is 3.81. The molecule has 20 heavy (non-hydrogen) atoms. The van der Waals surface area contributed by atoms with Crippen molar-refractivity contribution in [3.63, 3.8) is 0 Å². The number of hydrogen-bond acceptors (Lipinski definition) is 4. The number of carbonyl (C=O) groups excluding carboxylic acids is 1. The Bertz CT molecular complexity index is 630. The minimum absolute atomic E-state index is 0.303. The molecule has 1 amide bonds. The van der Waals surface area contributed by atoms with E-state index >= 15 is 0 Å². The molecule has 102 valence electrons. The zero-order chi connectivity index (χ0) is 14.4. The molecule has 6 heteroatoms. The Hall–Kier alpha value is -2.40. The first kappa shape index (κ1) is 14.0. The average molecular weight is 290 g/mol. The molecule has 0 atom stereocenters. The summed E-state index contributed by atoms with van der Waals surface area (Å²) in [6.45, 7) is 0. The molecule has 0 saturated heterocycles. The van der Waals surface area contributed by atoms with Crippen LogP contribution in [0.2, 0.25) is 5.02 Å². The Kier molecular flexibility index (Phi) is 4.68. The number of amides is 1. The third-order valence-electron chi connectivity index (χ3n) is 2.45. The molecule has 0 spiro atoms. The molecular weight excluding hydrogens is 278 g/mol. The fraction of sp³-hybridized carbons (Fsp3) is 0.0714. The van der Waals surface area contributed by atoms with Crippen molar-refractivity contribution in [2.45, 2.75) is 0 Å². The zero-order valence-corrected chi connectivity index (χ0v) is 11.5. The number of hydrazone groups is 1. The van der Waals surface area contributed by atoms with Crippen molar-refractivity contribution in [2.75, 3.05) is 7.11 Å². The quantitative estimate of drug-likeness (QED) is 0.695. The maximum Gasteiger partial charge on any atom is 0.289 e. The molecule has 2 aromatic rings. The summed E-state index contributed by atoms with van der Waals surface area (Å²) in [6.07, 6.45) is 3.04. The highest BCUT2D eigenvalue weighted by Crippen LogP contribution is 2.24. The molecule has 0 unspecified atom stereocenters. The molecule has 1 aromatic carbocycles. The van der Waals surface area contributed by atoms with Crippen LogP contribution in [0.4, 0.5) is 0 Å². The third-order valence-corrected chi connectivity index (χ3v) is 2.75. The topological polar surface area (TPSA) is 63.6 Å². The van der Waals surface area contributed by atoms with Crippen LogP contribution in [0.5, 0.6) is 5.75 Å². The molecule has 0 aliphatic carbocycles. The monoisotopic (exact) mass is 289 g/mol. The van der Waals surface area contributed by atoms with Gasteiger partial charge in [-0.3, -0.25) is 9.78 Å². The average Bonchev–Trinajstić information content (AvgIpc) is 2.48. The van der Waals surface area contributed by atoms with E-state index in [2.05, 4.69) is 15.5 Å². The SMILES string of the molecule is COc1ccc(/C=N/NC(=O)c2ccccn2)cc1Cl. The number of nitrogens with zero attached hydrogens (tertiary/aromatic N) is 2. The maximum atomic E-state index is 11.7. The first-order valence-corrected chi connectivity index (χ1v) is 6.16. The zero-order valence-electron chi connectivity index (χ0n) is 10.7. The van der Waals surface area contributed by atoms with Crippen LogP contribution in [0.25, 0.3) is 0 Å². The number of pyridine rings is 1. The number of benzene rings is 1. The van der Waals surface area contributed by atoms with Gasteiger partial charge in [-0.1, -0.05) is 17.7 Å². The molecule has 0 fully saturated rings. The summed E-state index contributed by atoms with van der Waals surface area (Å²) in [5.41, 5.74) is 3.44. The van der Waals surface area contributed by atoms with Crippen LogP contribution < -0.4 is 10.2 Å². The van der Waals surface area contributed by atoms with Crippen LogP contribution in [0.1, 0.15) is 16.1 Å². The first-order valence-electron chi connectivity index (χ1n) is 5.78. The summed E-state index contributed by atoms with van der Waals surface area (Å²) >= 11 is 5.98. The van der Waals surface area contributed by atoms with Gasteiger partial charge in [0.1, 0.15) is 11.4 Å². The van der Waals surface area contributed by atoms with E-state index in [1.54, 1.807) is 49.7 Å². The summed E-state index contributed by atoms with van der Waals surface area (Å²) in [5, 5.41) is 4.33. The molecule has 0 aliphatic rings. The lowest BCUT2D eigenvalue weighted by Gasteiger charge is -2.03. The first-order chi connectivity index (χ1) is 9.70. The molecule has 0 saturated carbocycles. The van der Waals surface area contributed by atoms with E-state index in [1.165, 1.54) is 6.21 Å². The lowest BCUT2D eigenvalue weighted by atomic mass is 10.2. The summed E-state index contributed by atoms with van der Waals surface area (Å²) in [5.74, 6) is 0.211. The van der Waals surface area contributed by atoms with Gasteiger partial charge in [-0.25, -0.2) is 5.43 Å². The number of methoxy groups -OCH3 is 1. The van der Waals surface area contributed by atoms with Crippen molar-refractivity contribution in [3.8, 4) is 5.75 Å². The van der Waals surface area contributed by atoms with E-state index in [9.17, 15) is 4.79 Å². The van der Waals surface area contributed by atoms with Crippen LogP contribution in [-0.4, -0.2) is 24.2 Å². The second-order valence-corrected chi connectivity index (χ2v) is 4.22. The van der Waals surface area contributed by atoms with Crippen molar-refractivity contribution >= 4 is 23.7 Å². The van der Waals surface area contributed by atoms with Gasteiger partial charge < -0.3 is 4.74 Å². The van der Waals surface area contributed by atoms with E-state index in [4.69, 9.17) is 16.3 Å². The molecule has 0 aliphatic heterocycles. The number of nitrogens with one attached hydrogen (secondary N) is 1. The largest absolute Gasteiger partial charge is 0.495 e. The minimum Gasteiger partial charge on any atom is -0.495 e. The van der Waals surface area contributed by atoms with Crippen molar-refractivity contribution in [1.82, 2.24) is 10.4 Å². The van der Waals surface area contributed by atoms with Gasteiger partial charge in [-0.15, -0.1) is 0 Å². The number of halogens is 1. The lowest BCUT2D eigenvalue weighted by Crippen LogP contribution is -2.18. The fourth-order valence-electron chi connectivity index (χ4n) is 1.48. The van der Waals surface area contributed by atoms with Gasteiger partial charge >= 0.3 is 0 Å². The summed E-state index contributed by atoms with van der Waals surface area (Å²) in [6, 6.07) is 10.3. The lowest BCUT2D eigenvalue weighted by molar-refractivity contribution is 0.0950. The van der Waals surface area contributed by atoms with E-state index < -0.39 is 0 Å². The van der Waals surface area contributed by atoms with Gasteiger partial charge in [0.2, 0.25) is 0 Å². The van der Waals surface area contributed by atoms with Crippen LogP contribution in [-0.2, 0) is 0 Å². The summed E-state index contributed by atoms with van der Waals surface area (Å²) in [7, 11) is 1.54. The van der Waals surface area contributed by atoms with Gasteiger partial charge in [-0.05, 0) is 35.9 Å². The smallest absolute Gasteiger partial charge is 0.289 e. The predicted molar refractivity (Wildman–Crippen MR) is 77.3 cm³/mol. The third kappa shape index (κ3) is 3.55. The molecule has 1 aromatic heterocycles. The Labute approximate surface area is 121 Å². The molecular formula is C14H12ClN3O2. The molecule has 1 heterocycles. The van der Waals surface area contributed by atoms with E-state index in [-0.39, 0.29) is 5.91 Å². The highest BCUT2D eigenvalue weighted by atomic mass is 35.5. The number of carbonyl (C=O) groups is 1.